The first-order chi connectivity index (χ1) is 9.19. The molecule has 2 aliphatic rings. The summed E-state index contributed by atoms with van der Waals surface area (Å²) in [4.78, 5) is 2.54. The molecule has 2 fully saturated rings. The average Bonchev–Trinajstić information content (AvgIpc) is 3.11. The van der Waals surface area contributed by atoms with Crippen LogP contribution in [0.2, 0.25) is 0 Å². The zero-order valence-corrected chi connectivity index (χ0v) is 12.6. The molecule has 0 aromatic carbocycles. The van der Waals surface area contributed by atoms with Gasteiger partial charge in [-0.1, -0.05) is 19.9 Å². The zero-order valence-electron chi connectivity index (χ0n) is 12.6. The minimum absolute atomic E-state index is 0.425. The fourth-order valence-corrected chi connectivity index (χ4v) is 2.84. The van der Waals surface area contributed by atoms with Gasteiger partial charge in [0.15, 0.2) is 0 Å². The molecule has 1 saturated heterocycles. The van der Waals surface area contributed by atoms with E-state index in [2.05, 4.69) is 30.6 Å². The van der Waals surface area contributed by atoms with Crippen molar-refractivity contribution in [2.24, 2.45) is 5.92 Å². The summed E-state index contributed by atoms with van der Waals surface area (Å²) in [6.07, 6.45) is 8.03. The number of rotatable bonds is 9. The summed E-state index contributed by atoms with van der Waals surface area (Å²) >= 11 is 0. The van der Waals surface area contributed by atoms with Crippen LogP contribution in [-0.4, -0.2) is 49.3 Å². The van der Waals surface area contributed by atoms with Gasteiger partial charge in [0.2, 0.25) is 0 Å². The number of hydrogen-bond donors (Lipinski definition) is 1. The number of ether oxygens (including phenoxy) is 1. The van der Waals surface area contributed by atoms with E-state index in [1.807, 2.05) is 6.08 Å². The van der Waals surface area contributed by atoms with E-state index in [4.69, 9.17) is 4.74 Å². The molecule has 3 nitrogen and oxygen atoms in total. The Balaban J connectivity index is 1.64. The largest absolute Gasteiger partial charge is 0.372 e. The predicted octanol–water partition coefficient (Wildman–Crippen LogP) is 2.43. The van der Waals surface area contributed by atoms with E-state index < -0.39 is 0 Å². The van der Waals surface area contributed by atoms with Crippen LogP contribution < -0.4 is 5.32 Å². The summed E-state index contributed by atoms with van der Waals surface area (Å²) in [6.45, 7) is 12.6. The van der Waals surface area contributed by atoms with E-state index in [0.717, 1.165) is 38.1 Å². The predicted molar refractivity (Wildman–Crippen MR) is 80.4 cm³/mol. The van der Waals surface area contributed by atoms with Gasteiger partial charge in [0.1, 0.15) is 0 Å². The summed E-state index contributed by atoms with van der Waals surface area (Å²) < 4.78 is 6.16. The Hall–Kier alpha value is -0.380. The molecule has 2 atom stereocenters. The standard InChI is InChI=1S/C16H30N2O/c1-4-9-18(14-5-6-14)12-16-8-7-15(19-16)11-17-10-13(2)3/h4,13-17H,1,5-12H2,2-3H3. The second-order valence-electron chi connectivity index (χ2n) is 6.48. The van der Waals surface area contributed by atoms with Crippen molar-refractivity contribution in [1.29, 1.82) is 0 Å². The van der Waals surface area contributed by atoms with Gasteiger partial charge in [0, 0.05) is 25.7 Å². The number of nitrogens with zero attached hydrogens (tertiary/aromatic N) is 1. The lowest BCUT2D eigenvalue weighted by atomic mass is 10.1. The Morgan fingerprint density at radius 1 is 1.26 bits per heavy atom. The third-order valence-electron chi connectivity index (χ3n) is 3.99. The minimum atomic E-state index is 0.425. The van der Waals surface area contributed by atoms with Crippen molar-refractivity contribution in [2.75, 3.05) is 26.2 Å². The monoisotopic (exact) mass is 266 g/mol. The van der Waals surface area contributed by atoms with Crippen LogP contribution in [-0.2, 0) is 4.74 Å². The van der Waals surface area contributed by atoms with Crippen LogP contribution in [0.4, 0.5) is 0 Å². The fourth-order valence-electron chi connectivity index (χ4n) is 2.84. The summed E-state index contributed by atoms with van der Waals surface area (Å²) in [6, 6.07) is 0.805. The molecule has 2 rings (SSSR count). The average molecular weight is 266 g/mol. The Kier molecular flexibility index (Phi) is 5.86. The quantitative estimate of drug-likeness (QED) is 0.649. The summed E-state index contributed by atoms with van der Waals surface area (Å²) in [7, 11) is 0. The van der Waals surface area contributed by atoms with E-state index >= 15 is 0 Å². The van der Waals surface area contributed by atoms with Gasteiger partial charge < -0.3 is 10.1 Å². The molecule has 19 heavy (non-hydrogen) atoms. The van der Waals surface area contributed by atoms with E-state index in [1.165, 1.54) is 25.7 Å². The van der Waals surface area contributed by atoms with Crippen LogP contribution in [0.5, 0.6) is 0 Å². The fraction of sp³-hybridized carbons (Fsp3) is 0.875. The van der Waals surface area contributed by atoms with Crippen LogP contribution in [0.25, 0.3) is 0 Å². The van der Waals surface area contributed by atoms with E-state index in [1.54, 1.807) is 0 Å². The SMILES string of the molecule is C=CCN(CC1CCC(CNCC(C)C)O1)C1CC1. The van der Waals surface area contributed by atoms with Crippen molar-refractivity contribution in [3.63, 3.8) is 0 Å². The second-order valence-corrected chi connectivity index (χ2v) is 6.48. The smallest absolute Gasteiger partial charge is 0.0707 e. The van der Waals surface area contributed by atoms with E-state index in [-0.39, 0.29) is 0 Å². The lowest BCUT2D eigenvalue weighted by Gasteiger charge is -2.24. The molecule has 0 radical (unpaired) electrons. The molecule has 1 N–H and O–H groups in total. The van der Waals surface area contributed by atoms with E-state index in [9.17, 15) is 0 Å². The highest BCUT2D eigenvalue weighted by molar-refractivity contribution is 4.90. The molecule has 0 aromatic heterocycles. The minimum Gasteiger partial charge on any atom is -0.372 e. The van der Waals surface area contributed by atoms with Gasteiger partial charge in [0.05, 0.1) is 12.2 Å². The van der Waals surface area contributed by atoms with Gasteiger partial charge in [-0.25, -0.2) is 0 Å². The van der Waals surface area contributed by atoms with Crippen LogP contribution in [0.15, 0.2) is 12.7 Å². The molecule has 0 spiro atoms. The molecule has 0 amide bonds. The highest BCUT2D eigenvalue weighted by atomic mass is 16.5. The summed E-state index contributed by atoms with van der Waals surface area (Å²) in [5.74, 6) is 0.718. The highest BCUT2D eigenvalue weighted by Gasteiger charge is 2.32. The maximum Gasteiger partial charge on any atom is 0.0707 e. The topological polar surface area (TPSA) is 24.5 Å². The van der Waals surface area contributed by atoms with Crippen LogP contribution in [0.1, 0.15) is 39.5 Å². The maximum atomic E-state index is 6.16. The molecule has 1 aliphatic heterocycles. The van der Waals surface area contributed by atoms with Crippen molar-refractivity contribution in [1.82, 2.24) is 10.2 Å². The van der Waals surface area contributed by atoms with Gasteiger partial charge in [-0.3, -0.25) is 4.90 Å². The molecular formula is C16H30N2O. The normalized spacial score (nSPS) is 27.4. The molecular weight excluding hydrogens is 236 g/mol. The first-order valence-electron chi connectivity index (χ1n) is 7.90. The van der Waals surface area contributed by atoms with Crippen LogP contribution in [0, 0.1) is 5.92 Å². The van der Waals surface area contributed by atoms with Gasteiger partial charge >= 0.3 is 0 Å². The van der Waals surface area contributed by atoms with E-state index in [0.29, 0.717) is 12.2 Å². The molecule has 1 heterocycles. The highest BCUT2D eigenvalue weighted by Crippen LogP contribution is 2.29. The summed E-state index contributed by atoms with van der Waals surface area (Å²) in [5, 5.41) is 3.51. The molecule has 1 saturated carbocycles. The molecule has 1 aliphatic carbocycles. The van der Waals surface area contributed by atoms with Crippen molar-refractivity contribution < 1.29 is 4.74 Å². The van der Waals surface area contributed by atoms with Gasteiger partial charge in [-0.05, 0) is 38.1 Å². The molecule has 3 heteroatoms. The molecule has 2 unspecified atom stereocenters. The van der Waals surface area contributed by atoms with Crippen molar-refractivity contribution in [2.45, 2.75) is 57.8 Å². The van der Waals surface area contributed by atoms with Gasteiger partial charge in [-0.15, -0.1) is 6.58 Å². The van der Waals surface area contributed by atoms with Crippen molar-refractivity contribution in [3.05, 3.63) is 12.7 Å². The van der Waals surface area contributed by atoms with Crippen molar-refractivity contribution in [3.8, 4) is 0 Å². The third kappa shape index (κ3) is 5.25. The molecule has 110 valence electrons. The Labute approximate surface area is 118 Å². The van der Waals surface area contributed by atoms with Crippen molar-refractivity contribution >= 4 is 0 Å². The zero-order chi connectivity index (χ0) is 13.7. The second kappa shape index (κ2) is 7.41. The third-order valence-corrected chi connectivity index (χ3v) is 3.99. The van der Waals surface area contributed by atoms with Crippen LogP contribution in [0.3, 0.4) is 0 Å². The first kappa shape index (κ1) is 15.0. The lowest BCUT2D eigenvalue weighted by molar-refractivity contribution is 0.0237. The Bertz CT molecular complexity index is 276. The lowest BCUT2D eigenvalue weighted by Crippen LogP contribution is -2.35. The first-order valence-corrected chi connectivity index (χ1v) is 7.90. The number of hydrogen-bond acceptors (Lipinski definition) is 3. The Morgan fingerprint density at radius 3 is 2.63 bits per heavy atom. The molecule has 0 bridgehead atoms. The Morgan fingerprint density at radius 2 is 2.00 bits per heavy atom. The maximum absolute atomic E-state index is 6.16. The summed E-state index contributed by atoms with van der Waals surface area (Å²) in [5.41, 5.74) is 0. The molecule has 0 aromatic rings. The van der Waals surface area contributed by atoms with Gasteiger partial charge in [0.25, 0.3) is 0 Å². The van der Waals surface area contributed by atoms with Crippen LogP contribution >= 0.6 is 0 Å². The number of nitrogens with one attached hydrogen (secondary N) is 1. The van der Waals surface area contributed by atoms with Gasteiger partial charge in [-0.2, -0.15) is 0 Å².